The number of para-hydroxylation sites is 1. The van der Waals surface area contributed by atoms with Gasteiger partial charge in [0.1, 0.15) is 6.04 Å². The summed E-state index contributed by atoms with van der Waals surface area (Å²) in [6, 6.07) is 27.3. The van der Waals surface area contributed by atoms with Crippen LogP contribution in [-0.2, 0) is 4.79 Å². The number of amides is 1. The van der Waals surface area contributed by atoms with Gasteiger partial charge in [-0.15, -0.1) is 0 Å². The zero-order chi connectivity index (χ0) is 18.4. The summed E-state index contributed by atoms with van der Waals surface area (Å²) in [5.74, 6) is -0.184. The van der Waals surface area contributed by atoms with Gasteiger partial charge in [-0.2, -0.15) is 0 Å². The smallest absolute Gasteiger partial charge is 0.227 e. The van der Waals surface area contributed by atoms with Gasteiger partial charge in [0, 0.05) is 17.7 Å². The molecule has 3 aromatic carbocycles. The molecule has 0 saturated carbocycles. The number of ketones is 1. The molecule has 3 aromatic rings. The third-order valence-electron chi connectivity index (χ3n) is 4.29. The second kappa shape index (κ2) is 8.26. The van der Waals surface area contributed by atoms with E-state index in [0.717, 1.165) is 11.3 Å². The first-order chi connectivity index (χ1) is 12.7. The van der Waals surface area contributed by atoms with Gasteiger partial charge in [-0.1, -0.05) is 85.8 Å². The zero-order valence-electron chi connectivity index (χ0n) is 14.7. The first-order valence-electron chi connectivity index (χ1n) is 8.73. The van der Waals surface area contributed by atoms with E-state index in [9.17, 15) is 9.59 Å². The minimum absolute atomic E-state index is 0.0886. The number of hydrogen-bond acceptors (Lipinski definition) is 2. The molecule has 0 saturated heterocycles. The molecule has 1 unspecified atom stereocenters. The number of rotatable bonds is 6. The minimum atomic E-state index is -0.701. The van der Waals surface area contributed by atoms with Crippen molar-refractivity contribution >= 4 is 17.4 Å². The Bertz CT molecular complexity index is 860. The SMILES string of the molecule is CCC(=O)N(c1ccccc1)C(C(=O)c1ccccc1)c1ccccc1. The van der Waals surface area contributed by atoms with Crippen LogP contribution in [-0.4, -0.2) is 11.7 Å². The first kappa shape index (κ1) is 17.6. The lowest BCUT2D eigenvalue weighted by Gasteiger charge is -2.31. The number of nitrogens with zero attached hydrogens (tertiary/aromatic N) is 1. The summed E-state index contributed by atoms with van der Waals surface area (Å²) in [4.78, 5) is 27.8. The molecule has 3 heteroatoms. The van der Waals surface area contributed by atoms with E-state index in [0.29, 0.717) is 12.0 Å². The number of carbonyl (C=O) groups excluding carboxylic acids is 2. The van der Waals surface area contributed by atoms with Crippen LogP contribution in [0.3, 0.4) is 0 Å². The van der Waals surface area contributed by atoms with Crippen molar-refractivity contribution < 1.29 is 9.59 Å². The fourth-order valence-electron chi connectivity index (χ4n) is 3.01. The fraction of sp³-hybridized carbons (Fsp3) is 0.130. The molecule has 0 aromatic heterocycles. The second-order valence-electron chi connectivity index (χ2n) is 6.00. The molecule has 0 aliphatic carbocycles. The highest BCUT2D eigenvalue weighted by Gasteiger charge is 2.32. The van der Waals surface area contributed by atoms with Crippen LogP contribution in [0.5, 0.6) is 0 Å². The summed E-state index contributed by atoms with van der Waals surface area (Å²) in [6.45, 7) is 1.81. The molecule has 0 spiro atoms. The van der Waals surface area contributed by atoms with Crippen molar-refractivity contribution in [2.75, 3.05) is 4.90 Å². The average Bonchev–Trinajstić information content (AvgIpc) is 2.73. The topological polar surface area (TPSA) is 37.4 Å². The molecule has 0 heterocycles. The predicted octanol–water partition coefficient (Wildman–Crippen LogP) is 5.05. The highest BCUT2D eigenvalue weighted by Crippen LogP contribution is 2.31. The molecular formula is C23H21NO2. The maximum Gasteiger partial charge on any atom is 0.227 e. The van der Waals surface area contributed by atoms with Crippen LogP contribution >= 0.6 is 0 Å². The van der Waals surface area contributed by atoms with Gasteiger partial charge in [-0.05, 0) is 17.7 Å². The van der Waals surface area contributed by atoms with Gasteiger partial charge in [0.2, 0.25) is 5.91 Å². The van der Waals surface area contributed by atoms with Crippen LogP contribution in [0, 0.1) is 0 Å². The van der Waals surface area contributed by atoms with Crippen LogP contribution in [0.4, 0.5) is 5.69 Å². The van der Waals surface area contributed by atoms with Gasteiger partial charge in [0.15, 0.2) is 5.78 Å². The molecule has 0 N–H and O–H groups in total. The molecule has 3 nitrogen and oxygen atoms in total. The van der Waals surface area contributed by atoms with E-state index >= 15 is 0 Å². The van der Waals surface area contributed by atoms with Gasteiger partial charge >= 0.3 is 0 Å². The van der Waals surface area contributed by atoms with Gasteiger partial charge in [-0.3, -0.25) is 14.5 Å². The monoisotopic (exact) mass is 343 g/mol. The van der Waals surface area contributed by atoms with Crippen LogP contribution in [0.2, 0.25) is 0 Å². The van der Waals surface area contributed by atoms with Crippen molar-refractivity contribution in [3.8, 4) is 0 Å². The van der Waals surface area contributed by atoms with Gasteiger partial charge in [-0.25, -0.2) is 0 Å². The number of carbonyl (C=O) groups is 2. The Morgan fingerprint density at radius 2 is 1.27 bits per heavy atom. The van der Waals surface area contributed by atoms with Crippen LogP contribution in [0.1, 0.15) is 35.3 Å². The summed E-state index contributed by atoms with van der Waals surface area (Å²) < 4.78 is 0. The third-order valence-corrected chi connectivity index (χ3v) is 4.29. The maximum absolute atomic E-state index is 13.4. The van der Waals surface area contributed by atoms with E-state index in [-0.39, 0.29) is 11.7 Å². The molecular weight excluding hydrogens is 322 g/mol. The summed E-state index contributed by atoms with van der Waals surface area (Å²) >= 11 is 0. The van der Waals surface area contributed by atoms with Gasteiger partial charge < -0.3 is 0 Å². The molecule has 0 fully saturated rings. The molecule has 0 bridgehead atoms. The normalized spacial score (nSPS) is 11.6. The highest BCUT2D eigenvalue weighted by molar-refractivity contribution is 6.08. The average molecular weight is 343 g/mol. The number of anilines is 1. The van der Waals surface area contributed by atoms with Crippen LogP contribution in [0.15, 0.2) is 91.0 Å². The Kier molecular flexibility index (Phi) is 5.59. The highest BCUT2D eigenvalue weighted by atomic mass is 16.2. The van der Waals surface area contributed by atoms with Gasteiger partial charge in [0.05, 0.1) is 0 Å². The molecule has 3 rings (SSSR count). The van der Waals surface area contributed by atoms with E-state index in [4.69, 9.17) is 0 Å². The largest absolute Gasteiger partial charge is 0.297 e. The van der Waals surface area contributed by atoms with Crippen molar-refractivity contribution in [1.29, 1.82) is 0 Å². The summed E-state index contributed by atoms with van der Waals surface area (Å²) in [7, 11) is 0. The van der Waals surface area contributed by atoms with E-state index in [1.54, 1.807) is 17.0 Å². The Labute approximate surface area is 153 Å². The van der Waals surface area contributed by atoms with Crippen molar-refractivity contribution in [3.05, 3.63) is 102 Å². The van der Waals surface area contributed by atoms with Crippen molar-refractivity contribution in [2.24, 2.45) is 0 Å². The lowest BCUT2D eigenvalue weighted by atomic mass is 9.95. The summed E-state index contributed by atoms with van der Waals surface area (Å²) in [6.07, 6.45) is 0.320. The van der Waals surface area contributed by atoms with Gasteiger partial charge in [0.25, 0.3) is 0 Å². The Morgan fingerprint density at radius 1 is 0.769 bits per heavy atom. The lowest BCUT2D eigenvalue weighted by Crippen LogP contribution is -2.39. The molecule has 1 atom stereocenters. The van der Waals surface area contributed by atoms with Crippen LogP contribution < -0.4 is 4.90 Å². The van der Waals surface area contributed by atoms with Crippen molar-refractivity contribution in [2.45, 2.75) is 19.4 Å². The fourth-order valence-corrected chi connectivity index (χ4v) is 3.01. The third kappa shape index (κ3) is 3.72. The summed E-state index contributed by atoms with van der Waals surface area (Å²) in [5, 5.41) is 0. The van der Waals surface area contributed by atoms with Crippen molar-refractivity contribution in [3.63, 3.8) is 0 Å². The number of benzene rings is 3. The van der Waals surface area contributed by atoms with Crippen LogP contribution in [0.25, 0.3) is 0 Å². The number of Topliss-reactive ketones (excluding diaryl/α,β-unsaturated/α-hetero) is 1. The molecule has 130 valence electrons. The van der Waals surface area contributed by atoms with E-state index in [1.807, 2.05) is 85.8 Å². The molecule has 0 aliphatic rings. The second-order valence-corrected chi connectivity index (χ2v) is 6.00. The number of hydrogen-bond donors (Lipinski definition) is 0. The maximum atomic E-state index is 13.4. The van der Waals surface area contributed by atoms with Crippen molar-refractivity contribution in [1.82, 2.24) is 0 Å². The Balaban J connectivity index is 2.14. The lowest BCUT2D eigenvalue weighted by molar-refractivity contribution is -0.118. The summed E-state index contributed by atoms with van der Waals surface area (Å²) in [5.41, 5.74) is 2.11. The minimum Gasteiger partial charge on any atom is -0.297 e. The Morgan fingerprint density at radius 3 is 1.81 bits per heavy atom. The van der Waals surface area contributed by atoms with E-state index in [1.165, 1.54) is 0 Å². The molecule has 1 amide bonds. The molecule has 0 aliphatic heterocycles. The van der Waals surface area contributed by atoms with E-state index < -0.39 is 6.04 Å². The molecule has 26 heavy (non-hydrogen) atoms. The quantitative estimate of drug-likeness (QED) is 0.587. The first-order valence-corrected chi connectivity index (χ1v) is 8.73. The predicted molar refractivity (Wildman–Crippen MR) is 104 cm³/mol. The zero-order valence-corrected chi connectivity index (χ0v) is 14.7. The standard InChI is InChI=1S/C23H21NO2/c1-2-21(25)24(20-16-10-5-11-17-20)22(18-12-6-3-7-13-18)23(26)19-14-8-4-9-15-19/h3-17,22H,2H2,1H3. The van der Waals surface area contributed by atoms with E-state index in [2.05, 4.69) is 0 Å². The molecule has 0 radical (unpaired) electrons. The Hall–Kier alpha value is -3.20.